The normalized spacial score (nSPS) is 20.1. The number of amides is 1. The zero-order valence-electron chi connectivity index (χ0n) is 17.5. The van der Waals surface area contributed by atoms with Crippen LogP contribution in [0.1, 0.15) is 49.8 Å². The Morgan fingerprint density at radius 1 is 0.828 bits per heavy atom. The molecule has 0 radical (unpaired) electrons. The summed E-state index contributed by atoms with van der Waals surface area (Å²) in [5.74, 6) is 0.202. The second kappa shape index (κ2) is 9.55. The summed E-state index contributed by atoms with van der Waals surface area (Å²) in [5, 5.41) is 3.27. The van der Waals surface area contributed by atoms with Crippen LogP contribution in [-0.2, 0) is 4.79 Å². The van der Waals surface area contributed by atoms with E-state index in [1.54, 1.807) is 0 Å². The molecule has 1 N–H and O–H groups in total. The highest BCUT2D eigenvalue weighted by Gasteiger charge is 2.31. The van der Waals surface area contributed by atoms with E-state index < -0.39 is 0 Å². The van der Waals surface area contributed by atoms with Gasteiger partial charge in [-0.1, -0.05) is 73.5 Å². The molecule has 4 nitrogen and oxygen atoms in total. The van der Waals surface area contributed by atoms with Crippen molar-refractivity contribution in [3.8, 4) is 0 Å². The van der Waals surface area contributed by atoms with Crippen molar-refractivity contribution >= 4 is 5.91 Å². The van der Waals surface area contributed by atoms with Gasteiger partial charge in [0.15, 0.2) is 0 Å². The fourth-order valence-electron chi connectivity index (χ4n) is 4.83. The van der Waals surface area contributed by atoms with Gasteiger partial charge in [-0.05, 0) is 30.9 Å². The van der Waals surface area contributed by atoms with Crippen LogP contribution in [0.25, 0.3) is 0 Å². The SMILES string of the molecule is C[C@@H](C(=O)NC1CCCC1)N1CCN(C(c2ccccc2)c2ccccc2)CC1. The van der Waals surface area contributed by atoms with Gasteiger partial charge in [0.2, 0.25) is 5.91 Å². The summed E-state index contributed by atoms with van der Waals surface area (Å²) in [6.07, 6.45) is 4.78. The summed E-state index contributed by atoms with van der Waals surface area (Å²) in [4.78, 5) is 17.6. The van der Waals surface area contributed by atoms with Crippen molar-refractivity contribution in [3.05, 3.63) is 71.8 Å². The molecule has 2 aromatic carbocycles. The Morgan fingerprint density at radius 3 is 1.83 bits per heavy atom. The average molecular weight is 392 g/mol. The Balaban J connectivity index is 1.41. The van der Waals surface area contributed by atoms with Gasteiger partial charge in [-0.15, -0.1) is 0 Å². The quantitative estimate of drug-likeness (QED) is 0.813. The van der Waals surface area contributed by atoms with E-state index in [1.807, 2.05) is 0 Å². The first-order valence-corrected chi connectivity index (χ1v) is 11.1. The average Bonchev–Trinajstić information content (AvgIpc) is 3.28. The highest BCUT2D eigenvalue weighted by Crippen LogP contribution is 2.29. The maximum atomic E-state index is 12.7. The van der Waals surface area contributed by atoms with Crippen LogP contribution in [0, 0.1) is 0 Å². The van der Waals surface area contributed by atoms with Crippen LogP contribution in [0.5, 0.6) is 0 Å². The van der Waals surface area contributed by atoms with Crippen molar-refractivity contribution in [1.29, 1.82) is 0 Å². The predicted octanol–water partition coefficient (Wildman–Crippen LogP) is 3.84. The number of rotatable bonds is 6. The van der Waals surface area contributed by atoms with Gasteiger partial charge in [-0.3, -0.25) is 14.6 Å². The van der Waals surface area contributed by atoms with Gasteiger partial charge in [-0.25, -0.2) is 0 Å². The molecule has 0 bridgehead atoms. The molecule has 4 rings (SSSR count). The number of nitrogens with zero attached hydrogens (tertiary/aromatic N) is 2. The molecular weight excluding hydrogens is 358 g/mol. The van der Waals surface area contributed by atoms with Gasteiger partial charge in [0.25, 0.3) is 0 Å². The second-order valence-corrected chi connectivity index (χ2v) is 8.46. The molecule has 1 heterocycles. The van der Waals surface area contributed by atoms with Crippen molar-refractivity contribution in [2.24, 2.45) is 0 Å². The van der Waals surface area contributed by atoms with Crippen LogP contribution < -0.4 is 5.32 Å². The molecule has 154 valence electrons. The van der Waals surface area contributed by atoms with E-state index in [4.69, 9.17) is 0 Å². The summed E-state index contributed by atoms with van der Waals surface area (Å²) in [5.41, 5.74) is 2.67. The fourth-order valence-corrected chi connectivity index (χ4v) is 4.83. The van der Waals surface area contributed by atoms with Crippen LogP contribution in [0.3, 0.4) is 0 Å². The highest BCUT2D eigenvalue weighted by molar-refractivity contribution is 5.81. The molecule has 2 aromatic rings. The molecule has 0 spiro atoms. The van der Waals surface area contributed by atoms with Crippen LogP contribution in [0.2, 0.25) is 0 Å². The monoisotopic (exact) mass is 391 g/mol. The minimum absolute atomic E-state index is 0.0512. The van der Waals surface area contributed by atoms with Crippen LogP contribution in [-0.4, -0.2) is 54.0 Å². The Labute approximate surface area is 174 Å². The van der Waals surface area contributed by atoms with E-state index >= 15 is 0 Å². The molecule has 1 saturated heterocycles. The van der Waals surface area contributed by atoms with Crippen LogP contribution >= 0.6 is 0 Å². The molecule has 1 aliphatic carbocycles. The maximum Gasteiger partial charge on any atom is 0.237 e. The van der Waals surface area contributed by atoms with E-state index in [0.717, 1.165) is 39.0 Å². The third-order valence-corrected chi connectivity index (χ3v) is 6.57. The van der Waals surface area contributed by atoms with Crippen LogP contribution in [0.15, 0.2) is 60.7 Å². The highest BCUT2D eigenvalue weighted by atomic mass is 16.2. The second-order valence-electron chi connectivity index (χ2n) is 8.46. The van der Waals surface area contributed by atoms with Gasteiger partial charge < -0.3 is 5.32 Å². The van der Waals surface area contributed by atoms with Crippen molar-refractivity contribution in [2.75, 3.05) is 26.2 Å². The van der Waals surface area contributed by atoms with Crippen molar-refractivity contribution in [3.63, 3.8) is 0 Å². The summed E-state index contributed by atoms with van der Waals surface area (Å²) in [6, 6.07) is 22.1. The summed E-state index contributed by atoms with van der Waals surface area (Å²) < 4.78 is 0. The van der Waals surface area contributed by atoms with Crippen molar-refractivity contribution < 1.29 is 4.79 Å². The van der Waals surface area contributed by atoms with Gasteiger partial charge in [-0.2, -0.15) is 0 Å². The zero-order chi connectivity index (χ0) is 20.1. The fraction of sp³-hybridized carbons (Fsp3) is 0.480. The molecule has 1 aliphatic heterocycles. The number of piperazine rings is 1. The largest absolute Gasteiger partial charge is 0.352 e. The first-order valence-electron chi connectivity index (χ1n) is 11.1. The Hall–Kier alpha value is -2.17. The number of hydrogen-bond donors (Lipinski definition) is 1. The maximum absolute atomic E-state index is 12.7. The summed E-state index contributed by atoms with van der Waals surface area (Å²) in [6.45, 7) is 5.85. The van der Waals surface area contributed by atoms with Gasteiger partial charge in [0.1, 0.15) is 0 Å². The lowest BCUT2D eigenvalue weighted by atomic mass is 9.96. The lowest BCUT2D eigenvalue weighted by molar-refractivity contribution is -0.127. The van der Waals surface area contributed by atoms with E-state index in [9.17, 15) is 4.79 Å². The van der Waals surface area contributed by atoms with E-state index in [0.29, 0.717) is 6.04 Å². The van der Waals surface area contributed by atoms with E-state index in [1.165, 1.54) is 24.0 Å². The van der Waals surface area contributed by atoms with Crippen molar-refractivity contribution in [2.45, 2.75) is 50.7 Å². The molecule has 1 atom stereocenters. The zero-order valence-corrected chi connectivity index (χ0v) is 17.5. The third-order valence-electron chi connectivity index (χ3n) is 6.57. The molecule has 4 heteroatoms. The molecule has 2 fully saturated rings. The first kappa shape index (κ1) is 20.1. The smallest absolute Gasteiger partial charge is 0.237 e. The van der Waals surface area contributed by atoms with E-state index in [-0.39, 0.29) is 18.0 Å². The van der Waals surface area contributed by atoms with E-state index in [2.05, 4.69) is 82.7 Å². The minimum Gasteiger partial charge on any atom is -0.352 e. The Morgan fingerprint density at radius 2 is 1.31 bits per heavy atom. The number of benzene rings is 2. The number of carbonyl (C=O) groups excluding carboxylic acids is 1. The Bertz CT molecular complexity index is 726. The summed E-state index contributed by atoms with van der Waals surface area (Å²) in [7, 11) is 0. The van der Waals surface area contributed by atoms with Crippen molar-refractivity contribution in [1.82, 2.24) is 15.1 Å². The number of hydrogen-bond acceptors (Lipinski definition) is 3. The first-order chi connectivity index (χ1) is 14.2. The molecule has 0 unspecified atom stereocenters. The van der Waals surface area contributed by atoms with Gasteiger partial charge >= 0.3 is 0 Å². The van der Waals surface area contributed by atoms with Crippen LogP contribution in [0.4, 0.5) is 0 Å². The lowest BCUT2D eigenvalue weighted by Gasteiger charge is -2.41. The molecular formula is C25H33N3O. The van der Waals surface area contributed by atoms with Gasteiger partial charge in [0, 0.05) is 32.2 Å². The molecule has 2 aliphatic rings. The predicted molar refractivity (Wildman–Crippen MR) is 118 cm³/mol. The minimum atomic E-state index is -0.0512. The molecule has 1 saturated carbocycles. The number of nitrogens with one attached hydrogen (secondary N) is 1. The number of carbonyl (C=O) groups is 1. The Kier molecular flexibility index (Phi) is 6.63. The molecule has 0 aromatic heterocycles. The third kappa shape index (κ3) is 4.88. The topological polar surface area (TPSA) is 35.6 Å². The molecule has 29 heavy (non-hydrogen) atoms. The standard InChI is InChI=1S/C25H33N3O/c1-20(25(29)26-23-14-8-9-15-23)27-16-18-28(19-17-27)24(21-10-4-2-5-11-21)22-12-6-3-7-13-22/h2-7,10-13,20,23-24H,8-9,14-19H2,1H3,(H,26,29)/t20-/m0/s1. The molecule has 1 amide bonds. The summed E-state index contributed by atoms with van der Waals surface area (Å²) >= 11 is 0. The van der Waals surface area contributed by atoms with Gasteiger partial charge in [0.05, 0.1) is 12.1 Å². The lowest BCUT2D eigenvalue weighted by Crippen LogP contribution is -2.55.